The van der Waals surface area contributed by atoms with E-state index in [2.05, 4.69) is 6.92 Å². The van der Waals surface area contributed by atoms with Gasteiger partial charge in [0.15, 0.2) is 6.29 Å². The van der Waals surface area contributed by atoms with Crippen LogP contribution in [0, 0.1) is 23.7 Å². The number of esters is 1. The van der Waals surface area contributed by atoms with Crippen molar-refractivity contribution < 1.29 is 28.5 Å². The van der Waals surface area contributed by atoms with Crippen LogP contribution < -0.4 is 0 Å². The molecule has 2 heterocycles. The Morgan fingerprint density at radius 1 is 1.16 bits per heavy atom. The molecule has 2 saturated heterocycles. The molecule has 6 unspecified atom stereocenters. The van der Waals surface area contributed by atoms with E-state index in [9.17, 15) is 9.59 Å². The zero-order chi connectivity index (χ0) is 21.8. The summed E-state index contributed by atoms with van der Waals surface area (Å²) in [5, 5.41) is 0. The van der Waals surface area contributed by atoms with E-state index in [1.165, 1.54) is 0 Å². The van der Waals surface area contributed by atoms with Crippen LogP contribution in [-0.4, -0.2) is 55.7 Å². The number of carbonyl (C=O) groups is 2. The summed E-state index contributed by atoms with van der Waals surface area (Å²) in [5.41, 5.74) is 0.943. The first-order chi connectivity index (χ1) is 15.1. The molecule has 1 saturated carbocycles. The summed E-state index contributed by atoms with van der Waals surface area (Å²) < 4.78 is 22.7. The number of ether oxygens (including phenoxy) is 4. The SMILES string of the molecule is CCOC(=O)C1C2CN(C(=O)OCc3ccccc3)C(COC3CCCCO3)C(C)C21. The Kier molecular flexibility index (Phi) is 7.13. The maximum absolute atomic E-state index is 13.0. The van der Waals surface area contributed by atoms with Crippen LogP contribution in [0.5, 0.6) is 0 Å². The van der Waals surface area contributed by atoms with Crippen LogP contribution in [0.2, 0.25) is 0 Å². The van der Waals surface area contributed by atoms with Gasteiger partial charge in [-0.15, -0.1) is 0 Å². The van der Waals surface area contributed by atoms with E-state index in [4.69, 9.17) is 18.9 Å². The lowest BCUT2D eigenvalue weighted by Gasteiger charge is -2.39. The van der Waals surface area contributed by atoms with Crippen LogP contribution in [0.3, 0.4) is 0 Å². The summed E-state index contributed by atoms with van der Waals surface area (Å²) in [5.74, 6) is 0.161. The fraction of sp³-hybridized carbons (Fsp3) is 0.667. The van der Waals surface area contributed by atoms with E-state index >= 15 is 0 Å². The topological polar surface area (TPSA) is 74.3 Å². The minimum Gasteiger partial charge on any atom is -0.466 e. The number of amides is 1. The quantitative estimate of drug-likeness (QED) is 0.614. The van der Waals surface area contributed by atoms with Crippen molar-refractivity contribution in [3.8, 4) is 0 Å². The molecule has 0 radical (unpaired) electrons. The van der Waals surface area contributed by atoms with E-state index in [-0.39, 0.29) is 54.7 Å². The third kappa shape index (κ3) is 5.04. The number of rotatable bonds is 7. The molecule has 0 spiro atoms. The largest absolute Gasteiger partial charge is 0.466 e. The molecule has 6 atom stereocenters. The fourth-order valence-electron chi connectivity index (χ4n) is 5.13. The molecule has 1 aliphatic carbocycles. The van der Waals surface area contributed by atoms with E-state index in [1.54, 1.807) is 4.90 Å². The Hall–Kier alpha value is -2.12. The summed E-state index contributed by atoms with van der Waals surface area (Å²) in [4.78, 5) is 27.2. The molecule has 3 aliphatic rings. The molecule has 4 rings (SSSR count). The Bertz CT molecular complexity index is 750. The Morgan fingerprint density at radius 3 is 2.68 bits per heavy atom. The summed E-state index contributed by atoms with van der Waals surface area (Å²) in [7, 11) is 0. The fourth-order valence-corrected chi connectivity index (χ4v) is 5.13. The molecule has 0 bridgehead atoms. The van der Waals surface area contributed by atoms with Crippen LogP contribution >= 0.6 is 0 Å². The zero-order valence-electron chi connectivity index (χ0n) is 18.4. The minimum atomic E-state index is -0.359. The summed E-state index contributed by atoms with van der Waals surface area (Å²) >= 11 is 0. The highest BCUT2D eigenvalue weighted by Gasteiger charge is 2.63. The van der Waals surface area contributed by atoms with Gasteiger partial charge in [-0.3, -0.25) is 4.79 Å². The van der Waals surface area contributed by atoms with Gasteiger partial charge in [-0.1, -0.05) is 37.3 Å². The molecule has 2 aliphatic heterocycles. The molecular formula is C24H33NO6. The monoisotopic (exact) mass is 431 g/mol. The number of nitrogens with zero attached hydrogens (tertiary/aromatic N) is 1. The van der Waals surface area contributed by atoms with Gasteiger partial charge in [0.05, 0.1) is 25.2 Å². The van der Waals surface area contributed by atoms with Crippen molar-refractivity contribution in [2.24, 2.45) is 23.7 Å². The van der Waals surface area contributed by atoms with Gasteiger partial charge in [0, 0.05) is 13.2 Å². The minimum absolute atomic E-state index is 0.112. The molecule has 0 aromatic heterocycles. The van der Waals surface area contributed by atoms with Crippen LogP contribution in [0.1, 0.15) is 38.7 Å². The van der Waals surface area contributed by atoms with Crippen molar-refractivity contribution in [1.29, 1.82) is 0 Å². The smallest absolute Gasteiger partial charge is 0.410 e. The lowest BCUT2D eigenvalue weighted by atomic mass is 9.90. The van der Waals surface area contributed by atoms with Gasteiger partial charge in [-0.05, 0) is 49.5 Å². The number of fused-ring (bicyclic) bond motifs is 1. The van der Waals surface area contributed by atoms with Gasteiger partial charge in [0.25, 0.3) is 0 Å². The Balaban J connectivity index is 1.43. The molecule has 7 heteroatoms. The first kappa shape index (κ1) is 22.1. The summed E-state index contributed by atoms with van der Waals surface area (Å²) in [6, 6.07) is 9.48. The number of benzene rings is 1. The second kappa shape index (κ2) is 10.0. The maximum Gasteiger partial charge on any atom is 0.410 e. The first-order valence-corrected chi connectivity index (χ1v) is 11.5. The zero-order valence-corrected chi connectivity index (χ0v) is 18.4. The van der Waals surface area contributed by atoms with E-state index in [1.807, 2.05) is 37.3 Å². The van der Waals surface area contributed by atoms with Crippen molar-refractivity contribution >= 4 is 12.1 Å². The summed E-state index contributed by atoms with van der Waals surface area (Å²) in [6.45, 7) is 6.10. The van der Waals surface area contributed by atoms with Gasteiger partial charge >= 0.3 is 12.1 Å². The summed E-state index contributed by atoms with van der Waals surface area (Å²) in [6.07, 6.45) is 2.44. The van der Waals surface area contributed by atoms with Gasteiger partial charge < -0.3 is 23.8 Å². The Morgan fingerprint density at radius 2 is 1.97 bits per heavy atom. The molecule has 1 amide bonds. The van der Waals surface area contributed by atoms with Crippen molar-refractivity contribution in [3.05, 3.63) is 35.9 Å². The standard InChI is InChI=1S/C24H33NO6/c1-3-28-23(26)22-18-13-25(24(27)31-14-17-9-5-4-6-10-17)19(16(2)21(18)22)15-30-20-11-7-8-12-29-20/h4-6,9-10,16,18-22H,3,7-8,11-15H2,1-2H3. The van der Waals surface area contributed by atoms with Gasteiger partial charge in [-0.25, -0.2) is 4.79 Å². The average molecular weight is 432 g/mol. The molecule has 1 aromatic rings. The lowest BCUT2D eigenvalue weighted by molar-refractivity contribution is -0.174. The molecule has 7 nitrogen and oxygen atoms in total. The molecule has 0 N–H and O–H groups in total. The van der Waals surface area contributed by atoms with Crippen LogP contribution in [0.25, 0.3) is 0 Å². The third-order valence-corrected chi connectivity index (χ3v) is 6.84. The number of piperidine rings is 1. The van der Waals surface area contributed by atoms with E-state index < -0.39 is 0 Å². The molecule has 170 valence electrons. The second-order valence-electron chi connectivity index (χ2n) is 8.77. The second-order valence-corrected chi connectivity index (χ2v) is 8.77. The number of carbonyl (C=O) groups excluding carboxylic acids is 2. The molecular weight excluding hydrogens is 398 g/mol. The number of hydrogen-bond donors (Lipinski definition) is 0. The molecule has 3 fully saturated rings. The van der Waals surface area contributed by atoms with Gasteiger partial charge in [0.2, 0.25) is 0 Å². The van der Waals surface area contributed by atoms with Crippen LogP contribution in [0.4, 0.5) is 4.79 Å². The van der Waals surface area contributed by atoms with Crippen molar-refractivity contribution in [3.63, 3.8) is 0 Å². The number of hydrogen-bond acceptors (Lipinski definition) is 6. The predicted octanol–water partition coefficient (Wildman–Crippen LogP) is 3.61. The predicted molar refractivity (Wildman–Crippen MR) is 113 cm³/mol. The molecule has 1 aromatic carbocycles. The van der Waals surface area contributed by atoms with E-state index in [0.717, 1.165) is 24.8 Å². The van der Waals surface area contributed by atoms with E-state index in [0.29, 0.717) is 26.4 Å². The number of likely N-dealkylation sites (tertiary alicyclic amines) is 1. The average Bonchev–Trinajstić information content (AvgIpc) is 3.53. The Labute approximate surface area is 184 Å². The lowest BCUT2D eigenvalue weighted by Crippen LogP contribution is -2.51. The van der Waals surface area contributed by atoms with Crippen molar-refractivity contribution in [1.82, 2.24) is 4.90 Å². The first-order valence-electron chi connectivity index (χ1n) is 11.5. The highest BCUT2D eigenvalue weighted by Crippen LogP contribution is 2.56. The highest BCUT2D eigenvalue weighted by molar-refractivity contribution is 5.77. The normalized spacial score (nSPS) is 32.1. The van der Waals surface area contributed by atoms with Gasteiger partial charge in [-0.2, -0.15) is 0 Å². The molecule has 31 heavy (non-hydrogen) atoms. The van der Waals surface area contributed by atoms with Crippen LogP contribution in [-0.2, 0) is 30.3 Å². The van der Waals surface area contributed by atoms with Gasteiger partial charge in [0.1, 0.15) is 6.61 Å². The van der Waals surface area contributed by atoms with Crippen molar-refractivity contribution in [2.75, 3.05) is 26.4 Å². The van der Waals surface area contributed by atoms with Crippen molar-refractivity contribution in [2.45, 2.75) is 52.0 Å². The van der Waals surface area contributed by atoms with Crippen LogP contribution in [0.15, 0.2) is 30.3 Å². The highest BCUT2D eigenvalue weighted by atomic mass is 16.7. The third-order valence-electron chi connectivity index (χ3n) is 6.84. The maximum atomic E-state index is 13.0.